The quantitative estimate of drug-likeness (QED) is 0.523. The first-order valence-electron chi connectivity index (χ1n) is 10.3. The SMILES string of the molecule is CCNC(=O)C(C)N(Cc1ccc(Cl)cc1)C(=O)COc1ccc(C(C)(C)C)cc1Br. The number of likely N-dealkylation sites (N-methyl/N-ethyl adjacent to an activating group) is 1. The predicted molar refractivity (Wildman–Crippen MR) is 128 cm³/mol. The number of hydrogen-bond acceptors (Lipinski definition) is 3. The Bertz CT molecular complexity index is 910. The minimum atomic E-state index is -0.640. The number of carbonyl (C=O) groups is 2. The summed E-state index contributed by atoms with van der Waals surface area (Å²) in [7, 11) is 0. The molecule has 0 fully saturated rings. The molecule has 2 rings (SSSR count). The van der Waals surface area contributed by atoms with E-state index in [2.05, 4.69) is 42.0 Å². The van der Waals surface area contributed by atoms with Crippen molar-refractivity contribution in [1.29, 1.82) is 0 Å². The molecule has 0 bridgehead atoms. The van der Waals surface area contributed by atoms with E-state index < -0.39 is 6.04 Å². The molecule has 168 valence electrons. The van der Waals surface area contributed by atoms with Crippen LogP contribution in [-0.4, -0.2) is 35.9 Å². The molecule has 2 aromatic carbocycles. The van der Waals surface area contributed by atoms with Crippen LogP contribution in [0.25, 0.3) is 0 Å². The van der Waals surface area contributed by atoms with Crippen LogP contribution in [-0.2, 0) is 21.5 Å². The first-order valence-corrected chi connectivity index (χ1v) is 11.4. The number of ether oxygens (including phenoxy) is 1. The molecule has 0 saturated carbocycles. The Balaban J connectivity index is 2.16. The van der Waals surface area contributed by atoms with Gasteiger partial charge >= 0.3 is 0 Å². The van der Waals surface area contributed by atoms with Crippen molar-refractivity contribution < 1.29 is 14.3 Å². The third-order valence-corrected chi connectivity index (χ3v) is 5.81. The van der Waals surface area contributed by atoms with Gasteiger partial charge in [0.25, 0.3) is 5.91 Å². The zero-order chi connectivity index (χ0) is 23.2. The van der Waals surface area contributed by atoms with Gasteiger partial charge in [0, 0.05) is 18.1 Å². The van der Waals surface area contributed by atoms with Gasteiger partial charge in [0.1, 0.15) is 11.8 Å². The Morgan fingerprint density at radius 3 is 2.35 bits per heavy atom. The van der Waals surface area contributed by atoms with E-state index in [1.165, 1.54) is 4.90 Å². The number of carbonyl (C=O) groups excluding carboxylic acids is 2. The topological polar surface area (TPSA) is 58.6 Å². The number of nitrogens with one attached hydrogen (secondary N) is 1. The Kier molecular flexibility index (Phi) is 8.95. The van der Waals surface area contributed by atoms with Crippen LogP contribution in [0.15, 0.2) is 46.9 Å². The number of benzene rings is 2. The van der Waals surface area contributed by atoms with Crippen LogP contribution >= 0.6 is 27.5 Å². The number of rotatable bonds is 8. The van der Waals surface area contributed by atoms with Crippen molar-refractivity contribution in [3.63, 3.8) is 0 Å². The average Bonchev–Trinajstić information content (AvgIpc) is 2.71. The second-order valence-corrected chi connectivity index (χ2v) is 9.69. The molecule has 0 aliphatic rings. The zero-order valence-electron chi connectivity index (χ0n) is 18.7. The summed E-state index contributed by atoms with van der Waals surface area (Å²) in [6.45, 7) is 10.6. The molecule has 2 aromatic rings. The van der Waals surface area contributed by atoms with Crippen molar-refractivity contribution in [1.82, 2.24) is 10.2 Å². The largest absolute Gasteiger partial charge is 0.483 e. The lowest BCUT2D eigenvalue weighted by atomic mass is 9.87. The molecule has 0 spiro atoms. The van der Waals surface area contributed by atoms with Crippen LogP contribution < -0.4 is 10.1 Å². The van der Waals surface area contributed by atoms with Crippen LogP contribution in [0, 0.1) is 0 Å². The fraction of sp³-hybridized carbons (Fsp3) is 0.417. The van der Waals surface area contributed by atoms with E-state index in [9.17, 15) is 9.59 Å². The molecule has 1 atom stereocenters. The lowest BCUT2D eigenvalue weighted by Gasteiger charge is -2.28. The molecule has 7 heteroatoms. The number of nitrogens with zero attached hydrogens (tertiary/aromatic N) is 1. The van der Waals surface area contributed by atoms with E-state index >= 15 is 0 Å². The Morgan fingerprint density at radius 1 is 1.16 bits per heavy atom. The summed E-state index contributed by atoms with van der Waals surface area (Å²) in [4.78, 5) is 27.0. The number of amides is 2. The molecule has 0 radical (unpaired) electrons. The fourth-order valence-corrected chi connectivity index (χ4v) is 3.62. The second kappa shape index (κ2) is 11.0. The standard InChI is InChI=1S/C24H30BrClN2O3/c1-6-27-23(30)16(2)28(14-17-7-10-19(26)11-8-17)22(29)15-31-21-12-9-18(13-20(21)25)24(3,4)5/h7-13,16H,6,14-15H2,1-5H3,(H,27,30). The molecule has 5 nitrogen and oxygen atoms in total. The van der Waals surface area contributed by atoms with Crippen LogP contribution in [0.1, 0.15) is 45.7 Å². The van der Waals surface area contributed by atoms with E-state index in [0.717, 1.165) is 15.6 Å². The first kappa shape index (κ1) is 25.2. The minimum Gasteiger partial charge on any atom is -0.483 e. The Morgan fingerprint density at radius 2 is 1.81 bits per heavy atom. The van der Waals surface area contributed by atoms with Gasteiger partial charge in [0.2, 0.25) is 5.91 Å². The van der Waals surface area contributed by atoms with Gasteiger partial charge in [0.15, 0.2) is 6.61 Å². The maximum Gasteiger partial charge on any atom is 0.261 e. The molecule has 2 amide bonds. The summed E-state index contributed by atoms with van der Waals surface area (Å²) in [6.07, 6.45) is 0. The lowest BCUT2D eigenvalue weighted by Crippen LogP contribution is -2.49. The Hall–Kier alpha value is -2.05. The van der Waals surface area contributed by atoms with Gasteiger partial charge in [-0.2, -0.15) is 0 Å². The molecule has 0 aliphatic carbocycles. The van der Waals surface area contributed by atoms with Gasteiger partial charge in [-0.05, 0) is 70.6 Å². The highest BCUT2D eigenvalue weighted by molar-refractivity contribution is 9.10. The van der Waals surface area contributed by atoms with Crippen molar-refractivity contribution in [2.45, 2.75) is 52.6 Å². The van der Waals surface area contributed by atoms with Crippen LogP contribution in [0.3, 0.4) is 0 Å². The van der Waals surface area contributed by atoms with E-state index in [-0.39, 0.29) is 30.4 Å². The molecule has 0 aliphatic heterocycles. The maximum absolute atomic E-state index is 13.1. The van der Waals surface area contributed by atoms with Crippen molar-refractivity contribution in [2.24, 2.45) is 0 Å². The fourth-order valence-electron chi connectivity index (χ4n) is 3.00. The summed E-state index contributed by atoms with van der Waals surface area (Å²) < 4.78 is 6.59. The predicted octanol–water partition coefficient (Wildman–Crippen LogP) is 5.33. The smallest absolute Gasteiger partial charge is 0.261 e. The van der Waals surface area contributed by atoms with E-state index in [1.54, 1.807) is 19.1 Å². The molecule has 0 saturated heterocycles. The summed E-state index contributed by atoms with van der Waals surface area (Å²) in [5.74, 6) is 0.0967. The third kappa shape index (κ3) is 7.25. The highest BCUT2D eigenvalue weighted by atomic mass is 79.9. The third-order valence-electron chi connectivity index (χ3n) is 4.93. The van der Waals surface area contributed by atoms with Crippen molar-refractivity contribution in [2.75, 3.05) is 13.2 Å². The van der Waals surface area contributed by atoms with Gasteiger partial charge in [-0.3, -0.25) is 9.59 Å². The molecule has 0 heterocycles. The maximum atomic E-state index is 13.1. The normalized spacial score (nSPS) is 12.2. The molecule has 1 unspecified atom stereocenters. The Labute approximate surface area is 198 Å². The van der Waals surface area contributed by atoms with Crippen LogP contribution in [0.2, 0.25) is 5.02 Å². The minimum absolute atomic E-state index is 0.00825. The van der Waals surface area contributed by atoms with Gasteiger partial charge in [-0.25, -0.2) is 0 Å². The van der Waals surface area contributed by atoms with Crippen molar-refractivity contribution in [3.05, 3.63) is 63.1 Å². The summed E-state index contributed by atoms with van der Waals surface area (Å²) >= 11 is 9.50. The van der Waals surface area contributed by atoms with E-state index in [0.29, 0.717) is 17.3 Å². The number of halogens is 2. The van der Waals surface area contributed by atoms with E-state index in [4.69, 9.17) is 16.3 Å². The van der Waals surface area contributed by atoms with Crippen molar-refractivity contribution >= 4 is 39.3 Å². The number of hydrogen-bond donors (Lipinski definition) is 1. The van der Waals surface area contributed by atoms with Gasteiger partial charge in [-0.15, -0.1) is 0 Å². The van der Waals surface area contributed by atoms with E-state index in [1.807, 2.05) is 37.3 Å². The highest BCUT2D eigenvalue weighted by Gasteiger charge is 2.26. The van der Waals surface area contributed by atoms with Gasteiger partial charge in [-0.1, -0.05) is 50.6 Å². The monoisotopic (exact) mass is 508 g/mol. The van der Waals surface area contributed by atoms with Crippen LogP contribution in [0.5, 0.6) is 5.75 Å². The summed E-state index contributed by atoms with van der Waals surface area (Å²) in [6, 6.07) is 12.4. The average molecular weight is 510 g/mol. The van der Waals surface area contributed by atoms with Gasteiger partial charge in [0.05, 0.1) is 4.47 Å². The van der Waals surface area contributed by atoms with Crippen LogP contribution in [0.4, 0.5) is 0 Å². The molecule has 31 heavy (non-hydrogen) atoms. The van der Waals surface area contributed by atoms with Crippen molar-refractivity contribution in [3.8, 4) is 5.75 Å². The first-order chi connectivity index (χ1) is 14.5. The van der Waals surface area contributed by atoms with Gasteiger partial charge < -0.3 is 15.0 Å². The highest BCUT2D eigenvalue weighted by Crippen LogP contribution is 2.31. The molecule has 0 aromatic heterocycles. The molecular formula is C24H30BrClN2O3. The molecular weight excluding hydrogens is 480 g/mol. The summed E-state index contributed by atoms with van der Waals surface area (Å²) in [5.41, 5.74) is 2.05. The lowest BCUT2D eigenvalue weighted by molar-refractivity contribution is -0.142. The molecule has 1 N–H and O–H groups in total. The zero-order valence-corrected chi connectivity index (χ0v) is 21.0. The summed E-state index contributed by atoms with van der Waals surface area (Å²) in [5, 5.41) is 3.39. The second-order valence-electron chi connectivity index (χ2n) is 8.40.